The lowest BCUT2D eigenvalue weighted by Crippen LogP contribution is -2.23. The highest BCUT2D eigenvalue weighted by atomic mass is 32.2. The highest BCUT2D eigenvalue weighted by Crippen LogP contribution is 2.26. The zero-order valence-corrected chi connectivity index (χ0v) is 19.3. The van der Waals surface area contributed by atoms with Crippen molar-refractivity contribution in [1.29, 1.82) is 0 Å². The van der Waals surface area contributed by atoms with Gasteiger partial charge in [-0.2, -0.15) is 0 Å². The topological polar surface area (TPSA) is 93.7 Å². The van der Waals surface area contributed by atoms with E-state index in [4.69, 9.17) is 9.47 Å². The molecule has 0 aliphatic rings. The normalized spacial score (nSPS) is 11.2. The number of rotatable bonds is 10. The van der Waals surface area contributed by atoms with Gasteiger partial charge in [0.1, 0.15) is 11.5 Å². The molecule has 2 N–H and O–H groups in total. The fourth-order valence-corrected chi connectivity index (χ4v) is 4.22. The number of nitrogens with one attached hydrogen (secondary N) is 2. The van der Waals surface area contributed by atoms with Gasteiger partial charge in [-0.15, -0.1) is 0 Å². The average molecular weight is 467 g/mol. The van der Waals surface area contributed by atoms with Gasteiger partial charge in [-0.1, -0.05) is 42.5 Å². The Morgan fingerprint density at radius 3 is 2.21 bits per heavy atom. The van der Waals surface area contributed by atoms with E-state index in [1.807, 2.05) is 24.3 Å². The van der Waals surface area contributed by atoms with E-state index < -0.39 is 10.0 Å². The molecule has 1 amide bonds. The molecule has 0 aliphatic heterocycles. The molecule has 0 unspecified atom stereocenters. The molecule has 0 atom stereocenters. The maximum Gasteiger partial charge on any atom is 0.262 e. The van der Waals surface area contributed by atoms with Gasteiger partial charge in [-0.25, -0.2) is 8.42 Å². The lowest BCUT2D eigenvalue weighted by molar-refractivity contribution is -0.116. The van der Waals surface area contributed by atoms with Crippen LogP contribution in [-0.4, -0.2) is 35.1 Å². The van der Waals surface area contributed by atoms with Crippen LogP contribution in [0, 0.1) is 0 Å². The van der Waals surface area contributed by atoms with Crippen molar-refractivity contribution in [2.45, 2.75) is 11.3 Å². The highest BCUT2D eigenvalue weighted by Gasteiger charge is 2.16. The molecule has 3 rings (SSSR count). The van der Waals surface area contributed by atoms with Crippen molar-refractivity contribution >= 4 is 27.7 Å². The Hall–Kier alpha value is -3.78. The molecule has 0 aliphatic carbocycles. The summed E-state index contributed by atoms with van der Waals surface area (Å²) < 4.78 is 38.4. The number of amides is 1. The summed E-state index contributed by atoms with van der Waals surface area (Å²) in [6.07, 6.45) is 3.69. The van der Waals surface area contributed by atoms with Crippen molar-refractivity contribution in [1.82, 2.24) is 5.32 Å². The number of benzene rings is 3. The molecular formula is C25H26N2O5S. The van der Waals surface area contributed by atoms with Gasteiger partial charge in [0.25, 0.3) is 10.0 Å². The van der Waals surface area contributed by atoms with Crippen LogP contribution >= 0.6 is 0 Å². The summed E-state index contributed by atoms with van der Waals surface area (Å²) >= 11 is 0. The third-order valence-corrected chi connectivity index (χ3v) is 6.24. The van der Waals surface area contributed by atoms with Gasteiger partial charge in [-0.05, 0) is 54.0 Å². The van der Waals surface area contributed by atoms with Crippen LogP contribution in [0.5, 0.6) is 11.5 Å². The van der Waals surface area contributed by atoms with Gasteiger partial charge >= 0.3 is 0 Å². The van der Waals surface area contributed by atoms with E-state index in [-0.39, 0.29) is 10.8 Å². The molecule has 33 heavy (non-hydrogen) atoms. The molecule has 8 heteroatoms. The summed E-state index contributed by atoms with van der Waals surface area (Å²) in [5.74, 6) is 0.981. The molecule has 3 aromatic rings. The first-order chi connectivity index (χ1) is 15.9. The number of methoxy groups -OCH3 is 2. The molecule has 0 radical (unpaired) electrons. The predicted octanol–water partition coefficient (Wildman–Crippen LogP) is 3.88. The highest BCUT2D eigenvalue weighted by molar-refractivity contribution is 7.92. The van der Waals surface area contributed by atoms with E-state index in [9.17, 15) is 13.2 Å². The number of anilines is 1. The minimum atomic E-state index is -3.78. The van der Waals surface area contributed by atoms with Gasteiger partial charge in [0.05, 0.1) is 24.8 Å². The van der Waals surface area contributed by atoms with Crippen LogP contribution < -0.4 is 19.5 Å². The molecule has 172 valence electrons. The zero-order valence-electron chi connectivity index (χ0n) is 18.4. The Balaban J connectivity index is 1.56. The lowest BCUT2D eigenvalue weighted by Gasteiger charge is -2.11. The maximum absolute atomic E-state index is 12.7. The first-order valence-corrected chi connectivity index (χ1v) is 11.7. The van der Waals surface area contributed by atoms with E-state index in [2.05, 4.69) is 10.0 Å². The summed E-state index contributed by atoms with van der Waals surface area (Å²) in [7, 11) is -0.690. The minimum Gasteiger partial charge on any atom is -0.496 e. The monoisotopic (exact) mass is 466 g/mol. The minimum absolute atomic E-state index is 0.104. The van der Waals surface area contributed by atoms with Gasteiger partial charge in [0.2, 0.25) is 5.91 Å². The summed E-state index contributed by atoms with van der Waals surface area (Å²) in [4.78, 5) is 12.2. The number of hydrogen-bond acceptors (Lipinski definition) is 5. The Morgan fingerprint density at radius 2 is 1.52 bits per heavy atom. The number of carbonyl (C=O) groups excluding carboxylic acids is 1. The summed E-state index contributed by atoms with van der Waals surface area (Å²) in [5.41, 5.74) is 2.07. The standard InChI is InChI=1S/C25H26N2O5S/c1-31-23-9-5-3-7-20(23)17-18-26-25(28)16-13-19-11-14-21(15-12-19)33(29,30)27-22-8-4-6-10-24(22)32-2/h3-16,27H,17-18H2,1-2H3,(H,26,28)/b16-13+. The fraction of sp³-hybridized carbons (Fsp3) is 0.160. The summed E-state index contributed by atoms with van der Waals surface area (Å²) in [6, 6.07) is 20.7. The molecule has 0 saturated carbocycles. The largest absolute Gasteiger partial charge is 0.496 e. The van der Waals surface area contributed by atoms with Crippen LogP contribution in [0.1, 0.15) is 11.1 Å². The first-order valence-electron chi connectivity index (χ1n) is 10.3. The average Bonchev–Trinajstić information content (AvgIpc) is 2.83. The Kier molecular flexibility index (Phi) is 8.10. The van der Waals surface area contributed by atoms with Gasteiger partial charge in [0, 0.05) is 12.6 Å². The number of ether oxygens (including phenoxy) is 2. The second-order valence-corrected chi connectivity index (χ2v) is 8.74. The number of sulfonamides is 1. The molecule has 0 heterocycles. The van der Waals surface area contributed by atoms with Gasteiger partial charge < -0.3 is 14.8 Å². The van der Waals surface area contributed by atoms with E-state index in [0.29, 0.717) is 30.0 Å². The van der Waals surface area contributed by atoms with Crippen LogP contribution in [0.2, 0.25) is 0 Å². The Labute approximate surface area is 194 Å². The fourth-order valence-electron chi connectivity index (χ4n) is 3.15. The molecule has 0 aromatic heterocycles. The van der Waals surface area contributed by atoms with Crippen LogP contribution in [0.25, 0.3) is 6.08 Å². The SMILES string of the molecule is COc1ccccc1CCNC(=O)/C=C/c1ccc(S(=O)(=O)Nc2ccccc2OC)cc1. The van der Waals surface area contributed by atoms with Crippen molar-refractivity contribution in [3.63, 3.8) is 0 Å². The summed E-state index contributed by atoms with van der Waals surface area (Å²) in [6.45, 7) is 0.468. The molecule has 0 fully saturated rings. The van der Waals surface area contributed by atoms with Crippen molar-refractivity contribution in [3.05, 3.63) is 90.0 Å². The third-order valence-electron chi connectivity index (χ3n) is 4.85. The van der Waals surface area contributed by atoms with Crippen molar-refractivity contribution < 1.29 is 22.7 Å². The lowest BCUT2D eigenvalue weighted by atomic mass is 10.1. The van der Waals surface area contributed by atoms with E-state index in [0.717, 1.165) is 11.3 Å². The van der Waals surface area contributed by atoms with E-state index in [1.54, 1.807) is 49.6 Å². The Bertz CT molecular complexity index is 1220. The zero-order chi connectivity index (χ0) is 23.7. The second-order valence-electron chi connectivity index (χ2n) is 7.06. The smallest absolute Gasteiger partial charge is 0.262 e. The van der Waals surface area contributed by atoms with E-state index in [1.165, 1.54) is 25.3 Å². The van der Waals surface area contributed by atoms with Gasteiger partial charge in [0.15, 0.2) is 0 Å². The molecule has 0 saturated heterocycles. The molecule has 0 bridgehead atoms. The van der Waals surface area contributed by atoms with Crippen LogP contribution in [0.15, 0.2) is 83.8 Å². The molecular weight excluding hydrogens is 440 g/mol. The number of hydrogen-bond donors (Lipinski definition) is 2. The van der Waals surface area contributed by atoms with Crippen molar-refractivity contribution in [2.75, 3.05) is 25.5 Å². The quantitative estimate of drug-likeness (QED) is 0.443. The first kappa shape index (κ1) is 23.9. The van der Waals surface area contributed by atoms with Crippen molar-refractivity contribution in [3.8, 4) is 11.5 Å². The second kappa shape index (κ2) is 11.2. The molecule has 3 aromatic carbocycles. The summed E-state index contributed by atoms with van der Waals surface area (Å²) in [5, 5.41) is 2.83. The van der Waals surface area contributed by atoms with E-state index >= 15 is 0 Å². The van der Waals surface area contributed by atoms with Crippen LogP contribution in [-0.2, 0) is 21.2 Å². The molecule has 7 nitrogen and oxygen atoms in total. The molecule has 0 spiro atoms. The predicted molar refractivity (Wildman–Crippen MR) is 129 cm³/mol. The van der Waals surface area contributed by atoms with Crippen LogP contribution in [0.3, 0.4) is 0 Å². The number of carbonyl (C=O) groups is 1. The van der Waals surface area contributed by atoms with Crippen LogP contribution in [0.4, 0.5) is 5.69 Å². The Morgan fingerprint density at radius 1 is 0.879 bits per heavy atom. The van der Waals surface area contributed by atoms with Gasteiger partial charge in [-0.3, -0.25) is 9.52 Å². The number of para-hydroxylation sites is 3. The third kappa shape index (κ3) is 6.60. The van der Waals surface area contributed by atoms with Crippen molar-refractivity contribution in [2.24, 2.45) is 0 Å². The maximum atomic E-state index is 12.7.